The molecule has 2 heterocycles. The van der Waals surface area contributed by atoms with Crippen molar-refractivity contribution in [3.63, 3.8) is 0 Å². The van der Waals surface area contributed by atoms with E-state index in [1.807, 2.05) is 6.07 Å². The van der Waals surface area contributed by atoms with Gasteiger partial charge in [-0.15, -0.1) is 0 Å². The quantitative estimate of drug-likeness (QED) is 0.652. The minimum atomic E-state index is 0.0378. The van der Waals surface area contributed by atoms with Gasteiger partial charge in [-0.3, -0.25) is 0 Å². The Morgan fingerprint density at radius 3 is 3.15 bits per heavy atom. The molecule has 1 atom stereocenters. The predicted octanol–water partition coefficient (Wildman–Crippen LogP) is 1.45. The highest BCUT2D eigenvalue weighted by Crippen LogP contribution is 2.21. The van der Waals surface area contributed by atoms with E-state index >= 15 is 0 Å². The van der Waals surface area contributed by atoms with E-state index < -0.39 is 0 Å². The van der Waals surface area contributed by atoms with Crippen molar-refractivity contribution in [1.29, 1.82) is 5.26 Å². The summed E-state index contributed by atoms with van der Waals surface area (Å²) in [5.74, 6) is 0. The molecule has 0 radical (unpaired) electrons. The normalized spacial score (nSPS) is 22.5. The minimum Gasteiger partial charge on any atom is -0.357 e. The lowest BCUT2D eigenvalue weighted by molar-refractivity contribution is -0.0395. The van der Waals surface area contributed by atoms with Crippen molar-refractivity contribution in [2.45, 2.75) is 25.5 Å². The first kappa shape index (κ1) is 8.27. The number of aromatic nitrogens is 2. The topological polar surface area (TPSA) is 50.8 Å². The Balaban J connectivity index is 2.11. The van der Waals surface area contributed by atoms with Gasteiger partial charge in [-0.05, 0) is 19.3 Å². The average Bonchev–Trinajstić information content (AvgIpc) is 2.67. The van der Waals surface area contributed by atoms with Crippen LogP contribution in [0.5, 0.6) is 0 Å². The zero-order valence-electron chi connectivity index (χ0n) is 7.31. The van der Waals surface area contributed by atoms with Crippen LogP contribution in [0, 0.1) is 11.3 Å². The number of rotatable bonds is 1. The fourth-order valence-corrected chi connectivity index (χ4v) is 1.49. The molecule has 2 rings (SSSR count). The third-order valence-electron chi connectivity index (χ3n) is 2.18. The van der Waals surface area contributed by atoms with Crippen LogP contribution < -0.4 is 0 Å². The Hall–Kier alpha value is -1.34. The van der Waals surface area contributed by atoms with Crippen LogP contribution in [-0.2, 0) is 4.74 Å². The van der Waals surface area contributed by atoms with Gasteiger partial charge in [0.25, 0.3) is 0 Å². The summed E-state index contributed by atoms with van der Waals surface area (Å²) in [6.45, 7) is 0.798. The summed E-state index contributed by atoms with van der Waals surface area (Å²) in [5, 5.41) is 12.7. The predicted molar refractivity (Wildman–Crippen MR) is 45.8 cm³/mol. The van der Waals surface area contributed by atoms with E-state index in [1.165, 1.54) is 6.42 Å². The molecule has 13 heavy (non-hydrogen) atoms. The molecular formula is C9H11N3O. The summed E-state index contributed by atoms with van der Waals surface area (Å²) in [4.78, 5) is 0. The van der Waals surface area contributed by atoms with E-state index in [4.69, 9.17) is 10.00 Å². The molecule has 4 heteroatoms. The number of nitrogens with zero attached hydrogens (tertiary/aromatic N) is 3. The van der Waals surface area contributed by atoms with Gasteiger partial charge in [-0.2, -0.15) is 10.4 Å². The standard InChI is InChI=1S/C9H11N3O/c10-5-8-6-11-12(7-8)9-3-1-2-4-13-9/h6-7,9H,1-4H2. The van der Waals surface area contributed by atoms with E-state index in [1.54, 1.807) is 17.1 Å². The maximum absolute atomic E-state index is 8.61. The molecule has 4 nitrogen and oxygen atoms in total. The maximum Gasteiger partial charge on any atom is 0.150 e. The van der Waals surface area contributed by atoms with Gasteiger partial charge in [0, 0.05) is 12.8 Å². The summed E-state index contributed by atoms with van der Waals surface area (Å²) in [6.07, 6.45) is 6.63. The van der Waals surface area contributed by atoms with Crippen LogP contribution in [0.4, 0.5) is 0 Å². The molecule has 1 aliphatic rings. The monoisotopic (exact) mass is 177 g/mol. The molecule has 1 unspecified atom stereocenters. The fourth-order valence-electron chi connectivity index (χ4n) is 1.49. The smallest absolute Gasteiger partial charge is 0.150 e. The summed E-state index contributed by atoms with van der Waals surface area (Å²) in [5.41, 5.74) is 0.592. The molecule has 1 aromatic rings. The van der Waals surface area contributed by atoms with Crippen molar-refractivity contribution in [2.75, 3.05) is 6.61 Å². The molecule has 1 saturated heterocycles. The third kappa shape index (κ3) is 1.70. The molecule has 0 saturated carbocycles. The summed E-state index contributed by atoms with van der Waals surface area (Å²) < 4.78 is 7.25. The molecule has 0 aromatic carbocycles. The first-order valence-corrected chi connectivity index (χ1v) is 4.46. The van der Waals surface area contributed by atoms with Crippen molar-refractivity contribution in [3.05, 3.63) is 18.0 Å². The average molecular weight is 177 g/mol. The van der Waals surface area contributed by atoms with Crippen molar-refractivity contribution in [3.8, 4) is 6.07 Å². The Labute approximate surface area is 76.7 Å². The van der Waals surface area contributed by atoms with Crippen LogP contribution in [0.3, 0.4) is 0 Å². The molecule has 1 aromatic heterocycles. The fraction of sp³-hybridized carbons (Fsp3) is 0.556. The van der Waals surface area contributed by atoms with Gasteiger partial charge in [0.1, 0.15) is 12.3 Å². The maximum atomic E-state index is 8.61. The minimum absolute atomic E-state index is 0.0378. The van der Waals surface area contributed by atoms with Crippen LogP contribution in [0.15, 0.2) is 12.4 Å². The van der Waals surface area contributed by atoms with Gasteiger partial charge in [0.15, 0.2) is 0 Å². The molecule has 68 valence electrons. The lowest BCUT2D eigenvalue weighted by atomic mass is 10.2. The number of hydrogen-bond acceptors (Lipinski definition) is 3. The summed E-state index contributed by atoms with van der Waals surface area (Å²) >= 11 is 0. The Morgan fingerprint density at radius 2 is 2.54 bits per heavy atom. The van der Waals surface area contributed by atoms with Crippen molar-refractivity contribution in [2.24, 2.45) is 0 Å². The highest BCUT2D eigenvalue weighted by molar-refractivity contribution is 5.21. The van der Waals surface area contributed by atoms with Crippen LogP contribution in [0.25, 0.3) is 0 Å². The second-order valence-electron chi connectivity index (χ2n) is 3.14. The van der Waals surface area contributed by atoms with E-state index in [0.29, 0.717) is 5.56 Å². The molecule has 0 amide bonds. The molecular weight excluding hydrogens is 166 g/mol. The Morgan fingerprint density at radius 1 is 1.62 bits per heavy atom. The van der Waals surface area contributed by atoms with Crippen molar-refractivity contribution in [1.82, 2.24) is 9.78 Å². The summed E-state index contributed by atoms with van der Waals surface area (Å²) in [7, 11) is 0. The lowest BCUT2D eigenvalue weighted by Gasteiger charge is -2.22. The zero-order valence-corrected chi connectivity index (χ0v) is 7.31. The van der Waals surface area contributed by atoms with Crippen molar-refractivity contribution < 1.29 is 4.74 Å². The van der Waals surface area contributed by atoms with Gasteiger partial charge in [0.2, 0.25) is 0 Å². The van der Waals surface area contributed by atoms with Crippen LogP contribution in [0.2, 0.25) is 0 Å². The SMILES string of the molecule is N#Cc1cnn(C2CCCCO2)c1. The highest BCUT2D eigenvalue weighted by Gasteiger charge is 2.15. The van der Waals surface area contributed by atoms with Gasteiger partial charge < -0.3 is 4.74 Å². The molecule has 0 spiro atoms. The number of nitriles is 1. The first-order chi connectivity index (χ1) is 6.40. The van der Waals surface area contributed by atoms with Gasteiger partial charge in [-0.1, -0.05) is 0 Å². The van der Waals surface area contributed by atoms with E-state index in [2.05, 4.69) is 5.10 Å². The van der Waals surface area contributed by atoms with Crippen LogP contribution in [-0.4, -0.2) is 16.4 Å². The zero-order chi connectivity index (χ0) is 9.10. The third-order valence-corrected chi connectivity index (χ3v) is 2.18. The first-order valence-electron chi connectivity index (χ1n) is 4.46. The number of hydrogen-bond donors (Lipinski definition) is 0. The molecule has 0 bridgehead atoms. The lowest BCUT2D eigenvalue weighted by Crippen LogP contribution is -2.18. The van der Waals surface area contributed by atoms with Crippen LogP contribution in [0.1, 0.15) is 31.1 Å². The van der Waals surface area contributed by atoms with Crippen molar-refractivity contribution >= 4 is 0 Å². The number of ether oxygens (including phenoxy) is 1. The molecule has 1 aliphatic heterocycles. The van der Waals surface area contributed by atoms with E-state index in [-0.39, 0.29) is 6.23 Å². The van der Waals surface area contributed by atoms with Gasteiger partial charge in [0.05, 0.1) is 11.8 Å². The largest absolute Gasteiger partial charge is 0.357 e. The second-order valence-corrected chi connectivity index (χ2v) is 3.14. The highest BCUT2D eigenvalue weighted by atomic mass is 16.5. The molecule has 1 fully saturated rings. The van der Waals surface area contributed by atoms with Crippen LogP contribution >= 0.6 is 0 Å². The Bertz CT molecular complexity index is 320. The van der Waals surface area contributed by atoms with Gasteiger partial charge in [-0.25, -0.2) is 4.68 Å². The van der Waals surface area contributed by atoms with E-state index in [9.17, 15) is 0 Å². The molecule has 0 N–H and O–H groups in total. The molecule has 0 aliphatic carbocycles. The summed E-state index contributed by atoms with van der Waals surface area (Å²) in [6, 6.07) is 2.05. The van der Waals surface area contributed by atoms with E-state index in [0.717, 1.165) is 19.4 Å². The second kappa shape index (κ2) is 3.58. The Kier molecular flexibility index (Phi) is 2.28. The van der Waals surface area contributed by atoms with Gasteiger partial charge >= 0.3 is 0 Å².